The molecule has 0 aliphatic carbocycles. The molecule has 0 radical (unpaired) electrons. The number of thiol groups is 1. The van der Waals surface area contributed by atoms with E-state index in [9.17, 15) is 53.1 Å². The Hall–Kier alpha value is -5.72. The van der Waals surface area contributed by atoms with Crippen molar-refractivity contribution in [3.8, 4) is 0 Å². The second-order valence-electron chi connectivity index (χ2n) is 11.9. The second kappa shape index (κ2) is 25.3. The summed E-state index contributed by atoms with van der Waals surface area (Å²) in [5.41, 5.74) is 21.1. The second-order valence-corrected chi connectivity index (χ2v) is 12.2. The Morgan fingerprint density at radius 3 is 1.70 bits per heavy atom. The van der Waals surface area contributed by atoms with E-state index in [0.29, 0.717) is 0 Å². The molecule has 0 aliphatic rings. The van der Waals surface area contributed by atoms with Crippen LogP contribution in [0.15, 0.2) is 4.99 Å². The molecule has 0 bridgehead atoms. The minimum Gasteiger partial charge on any atom is -0.481 e. The summed E-state index contributed by atoms with van der Waals surface area (Å²) in [6.45, 7) is 1.28. The molecule has 0 rings (SSSR count). The predicted molar refractivity (Wildman–Crippen MR) is 192 cm³/mol. The number of carboxylic acid groups (broad SMARTS) is 2. The van der Waals surface area contributed by atoms with Gasteiger partial charge in [-0.25, -0.2) is 0 Å². The van der Waals surface area contributed by atoms with Gasteiger partial charge < -0.3 is 70.4 Å². The fourth-order valence-electron chi connectivity index (χ4n) is 4.30. The van der Waals surface area contributed by atoms with Gasteiger partial charge in [0.2, 0.25) is 47.3 Å². The largest absolute Gasteiger partial charge is 0.481 e. The number of nitrogens with one attached hydrogen (secondary N) is 7. The lowest BCUT2D eigenvalue weighted by atomic mass is 10.0. The maximum atomic E-state index is 13.4. The van der Waals surface area contributed by atoms with Crippen molar-refractivity contribution in [3.63, 3.8) is 0 Å². The van der Waals surface area contributed by atoms with Crippen molar-refractivity contribution in [1.82, 2.24) is 37.2 Å². The number of nitrogens with zero attached hydrogens (tertiary/aromatic N) is 1. The number of guanidine groups is 1. The molecule has 8 amide bonds. The Morgan fingerprint density at radius 2 is 1.19 bits per heavy atom. The maximum Gasteiger partial charge on any atom is 0.322 e. The summed E-state index contributed by atoms with van der Waals surface area (Å²) in [5.74, 6) is -11.3. The number of primary amides is 1. The van der Waals surface area contributed by atoms with Crippen LogP contribution in [-0.4, -0.2) is 138 Å². The van der Waals surface area contributed by atoms with Crippen LogP contribution in [0.25, 0.3) is 0 Å². The fraction of sp³-hybridized carbons (Fsp3) is 0.621. The normalized spacial score (nSPS) is 13.4. The van der Waals surface area contributed by atoms with E-state index in [1.807, 2.05) is 5.32 Å². The van der Waals surface area contributed by atoms with Gasteiger partial charge in [0.1, 0.15) is 36.8 Å². The first kappa shape index (κ1) is 48.3. The molecule has 304 valence electrons. The Bertz CT molecular complexity index is 1410. The number of nitrogens with two attached hydrogens (primary N) is 4. The first-order valence-corrected chi connectivity index (χ1v) is 17.0. The number of carbonyl (C=O) groups is 10. The highest BCUT2D eigenvalue weighted by atomic mass is 32.1. The van der Waals surface area contributed by atoms with Crippen LogP contribution in [0.1, 0.15) is 46.0 Å². The van der Waals surface area contributed by atoms with Crippen LogP contribution in [-0.2, 0) is 47.9 Å². The van der Waals surface area contributed by atoms with Gasteiger partial charge in [0, 0.05) is 18.7 Å². The van der Waals surface area contributed by atoms with Gasteiger partial charge in [0.05, 0.1) is 19.5 Å². The molecule has 0 spiro atoms. The van der Waals surface area contributed by atoms with Crippen LogP contribution in [0.3, 0.4) is 0 Å². The van der Waals surface area contributed by atoms with Crippen LogP contribution in [0.4, 0.5) is 0 Å². The van der Waals surface area contributed by atoms with E-state index in [4.69, 9.17) is 28.0 Å². The van der Waals surface area contributed by atoms with E-state index in [2.05, 4.69) is 49.5 Å². The van der Waals surface area contributed by atoms with Gasteiger partial charge >= 0.3 is 11.9 Å². The molecule has 0 unspecified atom stereocenters. The fourth-order valence-corrected chi connectivity index (χ4v) is 4.56. The van der Waals surface area contributed by atoms with E-state index >= 15 is 0 Å². The minimum absolute atomic E-state index is 0.0897. The van der Waals surface area contributed by atoms with Crippen LogP contribution >= 0.6 is 12.6 Å². The topological polar surface area (TPSA) is 412 Å². The Kier molecular flexibility index (Phi) is 22.6. The lowest BCUT2D eigenvalue weighted by Gasteiger charge is -2.27. The molecule has 0 aliphatic heterocycles. The smallest absolute Gasteiger partial charge is 0.322 e. The maximum absolute atomic E-state index is 13.4. The third-order valence-electron chi connectivity index (χ3n) is 7.02. The quantitative estimate of drug-likeness (QED) is 0.0168. The summed E-state index contributed by atoms with van der Waals surface area (Å²) in [4.78, 5) is 127. The van der Waals surface area contributed by atoms with Crippen molar-refractivity contribution in [1.29, 1.82) is 0 Å². The number of aliphatic imine (C=N–C) groups is 1. The Labute approximate surface area is 314 Å². The summed E-state index contributed by atoms with van der Waals surface area (Å²) in [5, 5.41) is 33.9. The third-order valence-corrected chi connectivity index (χ3v) is 7.39. The number of hydrogen-bond acceptors (Lipinski definition) is 13. The Morgan fingerprint density at radius 1 is 0.648 bits per heavy atom. The number of amides is 8. The lowest BCUT2D eigenvalue weighted by molar-refractivity contribution is -0.142. The van der Waals surface area contributed by atoms with Crippen molar-refractivity contribution in [2.45, 2.75) is 76.2 Å². The molecule has 0 saturated heterocycles. The molecule has 5 atom stereocenters. The van der Waals surface area contributed by atoms with Gasteiger partial charge in [-0.3, -0.25) is 52.9 Å². The van der Waals surface area contributed by atoms with Crippen LogP contribution in [0.5, 0.6) is 0 Å². The monoisotopic (exact) mass is 790 g/mol. The first-order chi connectivity index (χ1) is 25.2. The molecule has 17 N–H and O–H groups in total. The number of hydrogen-bond donors (Lipinski definition) is 14. The van der Waals surface area contributed by atoms with Gasteiger partial charge in [-0.05, 0) is 25.2 Å². The highest BCUT2D eigenvalue weighted by molar-refractivity contribution is 7.80. The van der Waals surface area contributed by atoms with Gasteiger partial charge in [-0.15, -0.1) is 0 Å². The van der Waals surface area contributed by atoms with Gasteiger partial charge in [-0.2, -0.15) is 12.6 Å². The van der Waals surface area contributed by atoms with Crippen molar-refractivity contribution in [2.75, 3.05) is 31.9 Å². The van der Waals surface area contributed by atoms with Crippen LogP contribution in [0, 0.1) is 5.92 Å². The summed E-state index contributed by atoms with van der Waals surface area (Å²) < 4.78 is 0. The molecular formula is C29H50N12O12S. The molecule has 0 aromatic heterocycles. The van der Waals surface area contributed by atoms with Crippen molar-refractivity contribution >= 4 is 77.8 Å². The SMILES string of the molecule is CC(C)[C@H](NC(=O)[C@H](CS)NC(=O)CNC(=O)[C@H](CCCN=C(N)N)NC(=O)CN)C(=O)N[C@@H](CCC(N)=O)C(=O)N[C@@H](CC(=O)O)C(=O)NCC(=O)O. The van der Waals surface area contributed by atoms with E-state index < -0.39 is 134 Å². The molecule has 0 fully saturated rings. The van der Waals surface area contributed by atoms with Crippen molar-refractivity contribution in [3.05, 3.63) is 0 Å². The molecule has 54 heavy (non-hydrogen) atoms. The molecular weight excluding hydrogens is 740 g/mol. The summed E-state index contributed by atoms with van der Waals surface area (Å²) in [6.07, 6.45) is -1.46. The molecule has 0 aromatic carbocycles. The van der Waals surface area contributed by atoms with E-state index in [1.165, 1.54) is 13.8 Å². The summed E-state index contributed by atoms with van der Waals surface area (Å²) >= 11 is 4.08. The zero-order valence-electron chi connectivity index (χ0n) is 29.7. The summed E-state index contributed by atoms with van der Waals surface area (Å²) in [6, 6.07) is -7.20. The van der Waals surface area contributed by atoms with Crippen molar-refractivity contribution in [2.24, 2.45) is 33.8 Å². The molecule has 0 saturated carbocycles. The first-order valence-electron chi connectivity index (χ1n) is 16.4. The van der Waals surface area contributed by atoms with Crippen LogP contribution < -0.4 is 60.2 Å². The van der Waals surface area contributed by atoms with Gasteiger partial charge in [-0.1, -0.05) is 13.8 Å². The minimum atomic E-state index is -1.78. The zero-order chi connectivity index (χ0) is 41.5. The molecule has 24 nitrogen and oxygen atoms in total. The summed E-state index contributed by atoms with van der Waals surface area (Å²) in [7, 11) is 0. The zero-order valence-corrected chi connectivity index (χ0v) is 30.6. The van der Waals surface area contributed by atoms with E-state index in [-0.39, 0.29) is 31.1 Å². The van der Waals surface area contributed by atoms with Gasteiger partial charge in [0.15, 0.2) is 5.96 Å². The molecule has 0 aromatic rings. The average molecular weight is 791 g/mol. The molecule has 0 heterocycles. The number of carboxylic acids is 2. The lowest BCUT2D eigenvalue weighted by Crippen LogP contribution is -2.60. The highest BCUT2D eigenvalue weighted by Gasteiger charge is 2.33. The van der Waals surface area contributed by atoms with E-state index in [0.717, 1.165) is 0 Å². The highest BCUT2D eigenvalue weighted by Crippen LogP contribution is 2.07. The van der Waals surface area contributed by atoms with Crippen molar-refractivity contribution < 1.29 is 58.2 Å². The molecule has 25 heteroatoms. The predicted octanol–water partition coefficient (Wildman–Crippen LogP) is -6.93. The van der Waals surface area contributed by atoms with Crippen LogP contribution in [0.2, 0.25) is 0 Å². The van der Waals surface area contributed by atoms with E-state index in [1.54, 1.807) is 0 Å². The number of carbonyl (C=O) groups excluding carboxylic acids is 8. The third kappa shape index (κ3) is 20.4. The Balaban J connectivity index is 5.73. The van der Waals surface area contributed by atoms with Gasteiger partial charge in [0.25, 0.3) is 0 Å². The standard InChI is InChI=1S/C29H50N12O12S/c1-13(2)23(28(53)39-15(5-6-18(31)42)26(51)40-16(8-21(45)46)25(50)36-11-22(47)48)41-27(52)17(12-54)38-20(44)10-35-24(49)14(37-19(43)9-30)4-3-7-34-29(32)33/h13-17,23,54H,3-12,30H2,1-2H3,(H2,31,42)(H,35,49)(H,36,50)(H,37,43)(H,38,44)(H,39,53)(H,40,51)(H,41,52)(H,45,46)(H,47,48)(H4,32,33,34)/t14-,15-,16-,17-,23-/m0/s1. The average Bonchev–Trinajstić information content (AvgIpc) is 3.08. The number of aliphatic carboxylic acids is 2. The number of rotatable bonds is 26.